The molecule has 14 unspecified atom stereocenters. The van der Waals surface area contributed by atoms with E-state index in [4.69, 9.17) is 34.2 Å². The summed E-state index contributed by atoms with van der Waals surface area (Å²) in [7, 11) is 1.35. The van der Waals surface area contributed by atoms with Gasteiger partial charge in [0.1, 0.15) is 61.0 Å². The maximum absolute atomic E-state index is 10.7. The van der Waals surface area contributed by atoms with Gasteiger partial charge in [-0.15, -0.1) is 0 Å². The molecule has 15 atom stereocenters. The van der Waals surface area contributed by atoms with Gasteiger partial charge in [0.25, 0.3) is 0 Å². The van der Waals surface area contributed by atoms with E-state index in [2.05, 4.69) is 0 Å². The number of ether oxygens (including phenoxy) is 6. The quantitative estimate of drug-likeness (QED) is 0.158. The zero-order valence-corrected chi connectivity index (χ0v) is 18.7. The van der Waals surface area contributed by atoms with E-state index in [1.807, 2.05) is 0 Å². The molecule has 3 fully saturated rings. The van der Waals surface area contributed by atoms with Crippen LogP contribution in [0.15, 0.2) is 0 Å². The van der Waals surface area contributed by atoms with Crippen molar-refractivity contribution in [3.8, 4) is 0 Å². The third-order valence-corrected chi connectivity index (χ3v) is 6.40. The fraction of sp³-hybridized carbons (Fsp3) is 1.00. The van der Waals surface area contributed by atoms with Crippen LogP contribution in [-0.2, 0) is 28.4 Å². The Morgan fingerprint density at radius 1 is 0.676 bits per heavy atom. The predicted octanol–water partition coefficient (Wildman–Crippen LogP) is -5.92. The molecule has 0 aromatic rings. The topological polar surface area (TPSA) is 243 Å². The van der Waals surface area contributed by atoms with Crippen molar-refractivity contribution in [3.05, 3.63) is 0 Å². The van der Waals surface area contributed by atoms with Gasteiger partial charge in [-0.25, -0.2) is 0 Å². The summed E-state index contributed by atoms with van der Waals surface area (Å²) in [6.45, 7) is 0.202. The molecule has 15 heteroatoms. The van der Waals surface area contributed by atoms with Crippen molar-refractivity contribution in [2.24, 2.45) is 5.73 Å². The van der Waals surface area contributed by atoms with E-state index in [1.165, 1.54) is 7.11 Å². The van der Waals surface area contributed by atoms with Crippen LogP contribution in [0.5, 0.6) is 0 Å². The summed E-state index contributed by atoms with van der Waals surface area (Å²) in [5.41, 5.74) is 5.96. The molecule has 0 bridgehead atoms. The first-order valence-corrected chi connectivity index (χ1v) is 10.9. The SMILES string of the molecule is COC1C(N)C(C)OC(OC2C(CO)OC(OC3C(CO)OC(O)C(O)[C@@H]3O)C(O)C2O)C1O. The second kappa shape index (κ2) is 11.6. The Balaban J connectivity index is 1.72. The highest BCUT2D eigenvalue weighted by atomic mass is 16.7. The van der Waals surface area contributed by atoms with Crippen LogP contribution >= 0.6 is 0 Å². The number of methoxy groups -OCH3 is 1. The molecule has 10 N–H and O–H groups in total. The van der Waals surface area contributed by atoms with Gasteiger partial charge in [0.2, 0.25) is 0 Å². The molecule has 0 saturated carbocycles. The van der Waals surface area contributed by atoms with Crippen LogP contribution in [0.3, 0.4) is 0 Å². The summed E-state index contributed by atoms with van der Waals surface area (Å²) < 4.78 is 32.4. The first-order valence-electron chi connectivity index (χ1n) is 10.9. The van der Waals surface area contributed by atoms with Crippen molar-refractivity contribution in [1.29, 1.82) is 0 Å². The standard InChI is InChI=1S/C19H35NO14/c1-5-8(20)16(29-2)13(27)19(30-5)34-15-7(4-22)32-18(12(26)10(15)24)33-14-6(3-21)31-17(28)11(25)9(14)23/h5-19,21-28H,3-4,20H2,1-2H3/t5?,6?,7?,8?,9-,10?,11?,12?,13?,14?,15?,16?,17?,18?,19?/m0/s1. The third-order valence-electron chi connectivity index (χ3n) is 6.40. The molecule has 0 aromatic heterocycles. The lowest BCUT2D eigenvalue weighted by molar-refractivity contribution is -0.373. The van der Waals surface area contributed by atoms with Crippen LogP contribution < -0.4 is 5.73 Å². The zero-order valence-electron chi connectivity index (χ0n) is 18.7. The second-order valence-corrected chi connectivity index (χ2v) is 8.61. The van der Waals surface area contributed by atoms with E-state index in [1.54, 1.807) is 6.92 Å². The normalized spacial score (nSPS) is 52.5. The molecule has 34 heavy (non-hydrogen) atoms. The maximum atomic E-state index is 10.7. The van der Waals surface area contributed by atoms with Gasteiger partial charge in [-0.05, 0) is 6.92 Å². The van der Waals surface area contributed by atoms with Gasteiger partial charge in [0, 0.05) is 7.11 Å². The van der Waals surface area contributed by atoms with Gasteiger partial charge in [-0.2, -0.15) is 0 Å². The average molecular weight is 501 g/mol. The van der Waals surface area contributed by atoms with Gasteiger partial charge in [0.05, 0.1) is 25.4 Å². The Morgan fingerprint density at radius 3 is 1.71 bits per heavy atom. The van der Waals surface area contributed by atoms with Crippen molar-refractivity contribution in [1.82, 2.24) is 0 Å². The van der Waals surface area contributed by atoms with Crippen molar-refractivity contribution in [2.75, 3.05) is 20.3 Å². The smallest absolute Gasteiger partial charge is 0.187 e. The fourth-order valence-electron chi connectivity index (χ4n) is 4.32. The molecule has 0 aromatic carbocycles. The summed E-state index contributed by atoms with van der Waals surface area (Å²) in [6, 6.07) is -0.665. The van der Waals surface area contributed by atoms with Gasteiger partial charge >= 0.3 is 0 Å². The number of aliphatic hydroxyl groups is 8. The van der Waals surface area contributed by atoms with E-state index < -0.39 is 105 Å². The number of aliphatic hydroxyl groups excluding tert-OH is 8. The molecule has 15 nitrogen and oxygen atoms in total. The lowest BCUT2D eigenvalue weighted by Crippen LogP contribution is -2.67. The highest BCUT2D eigenvalue weighted by Gasteiger charge is 2.52. The number of rotatable bonds is 7. The van der Waals surface area contributed by atoms with Crippen LogP contribution in [0.4, 0.5) is 0 Å². The van der Waals surface area contributed by atoms with Gasteiger partial charge < -0.3 is 75.0 Å². The number of hydrogen-bond acceptors (Lipinski definition) is 15. The van der Waals surface area contributed by atoms with E-state index in [0.29, 0.717) is 0 Å². The van der Waals surface area contributed by atoms with Crippen LogP contribution in [0.2, 0.25) is 0 Å². The summed E-state index contributed by atoms with van der Waals surface area (Å²) in [6.07, 6.45) is -20.1. The Bertz CT molecular complexity index is 642. The molecule has 0 amide bonds. The first-order chi connectivity index (χ1) is 16.0. The van der Waals surface area contributed by atoms with Crippen molar-refractivity contribution >= 4 is 0 Å². The molecule has 0 radical (unpaired) electrons. The van der Waals surface area contributed by atoms with E-state index in [9.17, 15) is 40.9 Å². The fourth-order valence-corrected chi connectivity index (χ4v) is 4.32. The van der Waals surface area contributed by atoms with Crippen molar-refractivity contribution in [2.45, 2.75) is 99.0 Å². The third kappa shape index (κ3) is 5.39. The van der Waals surface area contributed by atoms with Gasteiger partial charge in [-0.3, -0.25) is 0 Å². The predicted molar refractivity (Wildman–Crippen MR) is 107 cm³/mol. The summed E-state index contributed by atoms with van der Waals surface area (Å²) in [4.78, 5) is 0. The highest BCUT2D eigenvalue weighted by Crippen LogP contribution is 2.32. The summed E-state index contributed by atoms with van der Waals surface area (Å²) in [5.74, 6) is 0. The molecule has 3 saturated heterocycles. The maximum Gasteiger partial charge on any atom is 0.187 e. The minimum Gasteiger partial charge on any atom is -0.394 e. The van der Waals surface area contributed by atoms with E-state index >= 15 is 0 Å². The minimum absolute atomic E-state index is 0.599. The molecule has 3 aliphatic rings. The van der Waals surface area contributed by atoms with Gasteiger partial charge in [-0.1, -0.05) is 0 Å². The van der Waals surface area contributed by atoms with Crippen LogP contribution in [0, 0.1) is 0 Å². The first kappa shape index (κ1) is 28.0. The largest absolute Gasteiger partial charge is 0.394 e. The summed E-state index contributed by atoms with van der Waals surface area (Å²) in [5, 5.41) is 80.8. The molecule has 200 valence electrons. The molecular formula is C19H35NO14. The molecule has 0 spiro atoms. The monoisotopic (exact) mass is 501 g/mol. The Hall–Kier alpha value is -0.600. The van der Waals surface area contributed by atoms with Crippen LogP contribution in [0.1, 0.15) is 6.92 Å². The van der Waals surface area contributed by atoms with Crippen molar-refractivity contribution in [3.63, 3.8) is 0 Å². The minimum atomic E-state index is -1.80. The highest BCUT2D eigenvalue weighted by molar-refractivity contribution is 4.96. The molecule has 3 rings (SSSR count). The van der Waals surface area contributed by atoms with Crippen LogP contribution in [-0.4, -0.2) is 153 Å². The number of hydrogen-bond donors (Lipinski definition) is 9. The average Bonchev–Trinajstić information content (AvgIpc) is 2.82. The van der Waals surface area contributed by atoms with Crippen molar-refractivity contribution < 1.29 is 69.3 Å². The summed E-state index contributed by atoms with van der Waals surface area (Å²) >= 11 is 0. The second-order valence-electron chi connectivity index (χ2n) is 8.61. The Labute approximate surface area is 195 Å². The van der Waals surface area contributed by atoms with E-state index in [-0.39, 0.29) is 0 Å². The number of nitrogens with two attached hydrogens (primary N) is 1. The molecule has 3 aliphatic heterocycles. The molecule has 0 aliphatic carbocycles. The molecular weight excluding hydrogens is 466 g/mol. The Morgan fingerprint density at radius 2 is 1.18 bits per heavy atom. The lowest BCUT2D eigenvalue weighted by Gasteiger charge is -2.48. The van der Waals surface area contributed by atoms with Gasteiger partial charge in [0.15, 0.2) is 18.9 Å². The van der Waals surface area contributed by atoms with Crippen LogP contribution in [0.25, 0.3) is 0 Å². The molecule has 3 heterocycles. The lowest BCUT2D eigenvalue weighted by atomic mass is 9.95. The zero-order chi connectivity index (χ0) is 25.3. The van der Waals surface area contributed by atoms with E-state index in [0.717, 1.165) is 0 Å². The Kier molecular flexibility index (Phi) is 9.57.